The van der Waals surface area contributed by atoms with Crippen molar-refractivity contribution in [3.8, 4) is 11.5 Å². The van der Waals surface area contributed by atoms with Gasteiger partial charge in [-0.3, -0.25) is 4.90 Å². The summed E-state index contributed by atoms with van der Waals surface area (Å²) in [5, 5.41) is 5.95. The highest BCUT2D eigenvalue weighted by atomic mass is 32.2. The highest BCUT2D eigenvalue weighted by Crippen LogP contribution is 2.38. The van der Waals surface area contributed by atoms with E-state index in [1.807, 2.05) is 19.1 Å². The predicted molar refractivity (Wildman–Crippen MR) is 200 cm³/mol. The molecular formula is C35H48N9O4S2+. The SMILES string of the molecule is COc1cc2c(cc1OCCCN1CCN(C)CC1)[nH]c1nc[nH+]c(N3CCN(C(=S)Nc4ccc(S(=O)(=O)N5CCCC5C)cc4)CC3)c12. The molecule has 5 heterocycles. The van der Waals surface area contributed by atoms with Gasteiger partial charge in [-0.25, -0.2) is 13.4 Å². The van der Waals surface area contributed by atoms with Crippen molar-refractivity contribution in [1.29, 1.82) is 0 Å². The fraction of sp³-hybridized carbons (Fsp3) is 0.514. The Morgan fingerprint density at radius 1 is 1.04 bits per heavy atom. The zero-order valence-electron chi connectivity index (χ0n) is 29.2. The lowest BCUT2D eigenvalue weighted by atomic mass is 10.1. The van der Waals surface area contributed by atoms with Crippen LogP contribution in [0.4, 0.5) is 11.5 Å². The first-order valence-corrected chi connectivity index (χ1v) is 19.4. The number of H-pyrrole nitrogens is 2. The molecule has 13 nitrogen and oxygen atoms in total. The molecule has 3 aliphatic rings. The minimum absolute atomic E-state index is 0.0310. The lowest BCUT2D eigenvalue weighted by molar-refractivity contribution is -0.367. The van der Waals surface area contributed by atoms with Gasteiger partial charge in [0.05, 0.1) is 50.3 Å². The molecule has 0 saturated carbocycles. The molecule has 2 aromatic heterocycles. The van der Waals surface area contributed by atoms with E-state index >= 15 is 0 Å². The number of ether oxygens (including phenoxy) is 2. The first-order valence-electron chi connectivity index (χ1n) is 17.6. The van der Waals surface area contributed by atoms with Crippen LogP contribution >= 0.6 is 12.2 Å². The molecule has 0 spiro atoms. The first-order chi connectivity index (χ1) is 24.2. The normalized spacial score (nSPS) is 19.8. The van der Waals surface area contributed by atoms with Crippen molar-refractivity contribution >= 4 is 60.8 Å². The molecule has 268 valence electrons. The standard InChI is InChI=1S/C35H47N9O4S2/c1-25-6-4-12-44(25)50(45,46)27-9-7-26(8-10-27)38-35(49)43-19-17-42(18-20-43)34-32-28-22-30(47-3)31(23-29(28)39-33(32)36-24-37-34)48-21-5-11-41-15-13-40(2)14-16-41/h7-10,22-25H,4-6,11-21H2,1-3H3,(H,38,49)(H,36,37,39)/p+1. The van der Waals surface area contributed by atoms with Crippen molar-refractivity contribution in [3.63, 3.8) is 0 Å². The third-order valence-electron chi connectivity index (χ3n) is 10.3. The Bertz CT molecular complexity index is 1920. The average molecular weight is 723 g/mol. The second-order valence-corrected chi connectivity index (χ2v) is 15.8. The number of anilines is 2. The van der Waals surface area contributed by atoms with Crippen LogP contribution in [0, 0.1) is 0 Å². The molecule has 50 heavy (non-hydrogen) atoms. The monoisotopic (exact) mass is 722 g/mol. The van der Waals surface area contributed by atoms with Crippen LogP contribution in [0.25, 0.3) is 21.9 Å². The Labute approximate surface area is 299 Å². The van der Waals surface area contributed by atoms with Crippen LogP contribution < -0.4 is 24.7 Å². The number of likely N-dealkylation sites (N-methyl/N-ethyl adjacent to an activating group) is 1. The van der Waals surface area contributed by atoms with E-state index in [1.165, 1.54) is 0 Å². The molecule has 1 atom stereocenters. The van der Waals surface area contributed by atoms with E-state index in [-0.39, 0.29) is 6.04 Å². The average Bonchev–Trinajstić information content (AvgIpc) is 3.74. The third kappa shape index (κ3) is 7.19. The Morgan fingerprint density at radius 3 is 2.50 bits per heavy atom. The molecule has 3 aliphatic heterocycles. The number of piperazine rings is 2. The van der Waals surface area contributed by atoms with E-state index in [1.54, 1.807) is 42.0 Å². The largest absolute Gasteiger partial charge is 0.493 e. The number of methoxy groups -OCH3 is 1. The van der Waals surface area contributed by atoms with E-state index in [0.29, 0.717) is 28.9 Å². The van der Waals surface area contributed by atoms with Gasteiger partial charge in [-0.2, -0.15) is 4.31 Å². The summed E-state index contributed by atoms with van der Waals surface area (Å²) in [5.74, 6) is 2.42. The van der Waals surface area contributed by atoms with Gasteiger partial charge in [0, 0.05) is 62.5 Å². The lowest BCUT2D eigenvalue weighted by Crippen LogP contribution is -2.51. The molecule has 0 bridgehead atoms. The van der Waals surface area contributed by atoms with E-state index in [9.17, 15) is 8.42 Å². The maximum Gasteiger partial charge on any atom is 0.243 e. The first kappa shape index (κ1) is 34.7. The summed E-state index contributed by atoms with van der Waals surface area (Å²) in [5.41, 5.74) is 2.51. The molecule has 1 unspecified atom stereocenters. The molecule has 3 saturated heterocycles. The number of rotatable bonds is 10. The molecule has 0 aliphatic carbocycles. The van der Waals surface area contributed by atoms with Gasteiger partial charge in [0.25, 0.3) is 0 Å². The fourth-order valence-electron chi connectivity index (χ4n) is 7.26. The molecule has 0 radical (unpaired) electrons. The zero-order valence-corrected chi connectivity index (χ0v) is 30.8. The number of hydrogen-bond donors (Lipinski definition) is 2. The summed E-state index contributed by atoms with van der Waals surface area (Å²) in [6.07, 6.45) is 4.48. The van der Waals surface area contributed by atoms with Gasteiger partial charge < -0.3 is 34.5 Å². The topological polar surface area (TPSA) is 124 Å². The number of nitrogens with zero attached hydrogens (tertiary/aromatic N) is 6. The van der Waals surface area contributed by atoms with Gasteiger partial charge >= 0.3 is 0 Å². The summed E-state index contributed by atoms with van der Waals surface area (Å²) in [7, 11) is 0.361. The summed E-state index contributed by atoms with van der Waals surface area (Å²) < 4.78 is 39.8. The molecular weight excluding hydrogens is 675 g/mol. The van der Waals surface area contributed by atoms with Crippen LogP contribution in [-0.4, -0.2) is 135 Å². The molecule has 3 fully saturated rings. The zero-order chi connectivity index (χ0) is 34.8. The van der Waals surface area contributed by atoms with Crippen molar-refractivity contribution in [2.45, 2.75) is 37.1 Å². The lowest BCUT2D eigenvalue weighted by Gasteiger charge is -2.34. The van der Waals surface area contributed by atoms with Gasteiger partial charge in [-0.05, 0) is 75.8 Å². The highest BCUT2D eigenvalue weighted by molar-refractivity contribution is 7.89. The molecule has 15 heteroatoms. The van der Waals surface area contributed by atoms with Crippen molar-refractivity contribution in [3.05, 3.63) is 42.7 Å². The Morgan fingerprint density at radius 2 is 1.80 bits per heavy atom. The van der Waals surface area contributed by atoms with Crippen LogP contribution in [0.5, 0.6) is 11.5 Å². The van der Waals surface area contributed by atoms with Crippen molar-refractivity contribution in [2.24, 2.45) is 0 Å². The second kappa shape index (κ2) is 14.8. The van der Waals surface area contributed by atoms with Gasteiger partial charge in [-0.15, -0.1) is 0 Å². The van der Waals surface area contributed by atoms with E-state index in [4.69, 9.17) is 21.7 Å². The highest BCUT2D eigenvalue weighted by Gasteiger charge is 2.33. The number of thiocarbonyl (C=S) groups is 1. The predicted octanol–water partition coefficient (Wildman–Crippen LogP) is 3.25. The van der Waals surface area contributed by atoms with Crippen LogP contribution in [0.1, 0.15) is 26.2 Å². The number of fused-ring (bicyclic) bond motifs is 3. The fourth-order valence-corrected chi connectivity index (χ4v) is 9.26. The molecule has 0 amide bonds. The van der Waals surface area contributed by atoms with Gasteiger partial charge in [-0.1, -0.05) is 4.98 Å². The molecule has 7 rings (SSSR count). The number of hydrogen-bond acceptors (Lipinski definition) is 9. The quantitative estimate of drug-likeness (QED) is 0.185. The smallest absolute Gasteiger partial charge is 0.243 e. The van der Waals surface area contributed by atoms with Gasteiger partial charge in [0.1, 0.15) is 5.39 Å². The summed E-state index contributed by atoms with van der Waals surface area (Å²) in [6.45, 7) is 11.6. The van der Waals surface area contributed by atoms with E-state index in [0.717, 1.165) is 117 Å². The third-order valence-corrected chi connectivity index (χ3v) is 12.6. The summed E-state index contributed by atoms with van der Waals surface area (Å²) >= 11 is 5.78. The van der Waals surface area contributed by atoms with Gasteiger partial charge in [0.15, 0.2) is 16.6 Å². The van der Waals surface area contributed by atoms with Gasteiger partial charge in [0.2, 0.25) is 27.8 Å². The maximum atomic E-state index is 13.1. The van der Waals surface area contributed by atoms with E-state index in [2.05, 4.69) is 46.9 Å². The molecule has 2 aromatic carbocycles. The van der Waals surface area contributed by atoms with Crippen LogP contribution in [0.2, 0.25) is 0 Å². The van der Waals surface area contributed by atoms with E-state index < -0.39 is 10.0 Å². The summed E-state index contributed by atoms with van der Waals surface area (Å²) in [4.78, 5) is 21.2. The van der Waals surface area contributed by atoms with Crippen LogP contribution in [-0.2, 0) is 10.0 Å². The van der Waals surface area contributed by atoms with Crippen molar-refractivity contribution < 1.29 is 22.9 Å². The number of sulfonamides is 1. The second-order valence-electron chi connectivity index (χ2n) is 13.5. The number of nitrogens with one attached hydrogen (secondary N) is 3. The Hall–Kier alpha value is -3.76. The molecule has 3 N–H and O–H groups in total. The minimum Gasteiger partial charge on any atom is -0.493 e. The number of aromatic nitrogens is 3. The van der Waals surface area contributed by atoms with Crippen LogP contribution in [0.3, 0.4) is 0 Å². The number of aromatic amines is 2. The van der Waals surface area contributed by atoms with Crippen molar-refractivity contribution in [1.82, 2.24) is 29.0 Å². The number of benzene rings is 2. The Kier molecular flexibility index (Phi) is 10.3. The van der Waals surface area contributed by atoms with Crippen molar-refractivity contribution in [2.75, 3.05) is 96.4 Å². The van der Waals surface area contributed by atoms with Crippen LogP contribution in [0.15, 0.2) is 47.6 Å². The summed E-state index contributed by atoms with van der Waals surface area (Å²) in [6, 6.07) is 11.0. The molecule has 4 aromatic rings. The Balaban J connectivity index is 0.981. The minimum atomic E-state index is -3.50. The maximum absolute atomic E-state index is 13.1.